The average Bonchev–Trinajstić information content (AvgIpc) is 2.60. The minimum atomic E-state index is -1.77. The van der Waals surface area contributed by atoms with E-state index in [1.807, 2.05) is 0 Å². The maximum Gasteiger partial charge on any atom is 0.192 e. The predicted molar refractivity (Wildman–Crippen MR) is 78.7 cm³/mol. The highest BCUT2D eigenvalue weighted by molar-refractivity contribution is 6.74. The second kappa shape index (κ2) is 5.15. The number of rotatable bonds is 3. The summed E-state index contributed by atoms with van der Waals surface area (Å²) in [6, 6.07) is 0. The smallest absolute Gasteiger partial charge is 0.192 e. The molecule has 2 atom stereocenters. The molecule has 4 heteroatoms. The molecule has 1 saturated heterocycles. The topological polar surface area (TPSA) is 35.5 Å². The van der Waals surface area contributed by atoms with Gasteiger partial charge in [-0.25, -0.2) is 0 Å². The van der Waals surface area contributed by atoms with Gasteiger partial charge >= 0.3 is 0 Å². The molecule has 19 heavy (non-hydrogen) atoms. The maximum atomic E-state index is 12.1. The lowest BCUT2D eigenvalue weighted by atomic mass is 9.88. The van der Waals surface area contributed by atoms with Crippen LogP contribution in [0.25, 0.3) is 0 Å². The molecule has 0 radical (unpaired) electrons. The van der Waals surface area contributed by atoms with E-state index in [1.165, 1.54) is 5.57 Å². The zero-order valence-corrected chi connectivity index (χ0v) is 13.8. The highest BCUT2D eigenvalue weighted by Crippen LogP contribution is 2.39. The summed E-state index contributed by atoms with van der Waals surface area (Å²) in [6.45, 7) is 13.2. The van der Waals surface area contributed by atoms with Crippen molar-refractivity contribution in [2.75, 3.05) is 19.8 Å². The minimum absolute atomic E-state index is 0.0352. The number of carbonyl (C=O) groups excluding carboxylic acids is 1. The van der Waals surface area contributed by atoms with Gasteiger partial charge in [-0.2, -0.15) is 0 Å². The molecule has 0 amide bonds. The molecule has 0 spiro atoms. The first-order valence-corrected chi connectivity index (χ1v) is 10.1. The summed E-state index contributed by atoms with van der Waals surface area (Å²) in [5.74, 6) is 0.642. The molecule has 0 aromatic carbocycles. The first-order chi connectivity index (χ1) is 8.72. The fourth-order valence-corrected chi connectivity index (χ4v) is 3.53. The Hall–Kier alpha value is -0.453. The van der Waals surface area contributed by atoms with Crippen molar-refractivity contribution >= 4 is 14.1 Å². The van der Waals surface area contributed by atoms with Gasteiger partial charge in [-0.3, -0.25) is 4.79 Å². The molecule has 2 rings (SSSR count). The molecule has 0 N–H and O–H groups in total. The Morgan fingerprint density at radius 2 is 2.11 bits per heavy atom. The maximum absolute atomic E-state index is 12.1. The summed E-state index contributed by atoms with van der Waals surface area (Å²) in [6.07, 6.45) is 2.76. The molecule has 1 aliphatic carbocycles. The van der Waals surface area contributed by atoms with E-state index in [4.69, 9.17) is 9.16 Å². The third kappa shape index (κ3) is 3.01. The highest BCUT2D eigenvalue weighted by atomic mass is 28.4. The van der Waals surface area contributed by atoms with Crippen molar-refractivity contribution in [3.63, 3.8) is 0 Å². The summed E-state index contributed by atoms with van der Waals surface area (Å²) < 4.78 is 11.7. The number of hydrogen-bond acceptors (Lipinski definition) is 3. The first-order valence-electron chi connectivity index (χ1n) is 7.18. The summed E-state index contributed by atoms with van der Waals surface area (Å²) in [5.41, 5.74) is 1.18. The molecule has 3 nitrogen and oxygen atoms in total. The zero-order chi connectivity index (χ0) is 14.3. The van der Waals surface area contributed by atoms with E-state index in [0.29, 0.717) is 19.1 Å². The second-order valence-electron chi connectivity index (χ2n) is 7.25. The largest absolute Gasteiger partial charge is 0.416 e. The Balaban J connectivity index is 1.99. The number of allylic oxidation sites excluding steroid dienone is 1. The van der Waals surface area contributed by atoms with Gasteiger partial charge in [0.1, 0.15) is 0 Å². The third-order valence-corrected chi connectivity index (χ3v) is 9.43. The number of carbonyl (C=O) groups is 1. The molecule has 0 saturated carbocycles. The molecule has 0 aromatic heterocycles. The molecule has 1 aliphatic heterocycles. The molecule has 1 fully saturated rings. The first kappa shape index (κ1) is 14.9. The van der Waals surface area contributed by atoms with Crippen LogP contribution < -0.4 is 0 Å². The predicted octanol–water partition coefficient (Wildman–Crippen LogP) is 3.17. The Labute approximate surface area is 117 Å². The van der Waals surface area contributed by atoms with Crippen LogP contribution in [0.5, 0.6) is 0 Å². The van der Waals surface area contributed by atoms with Crippen molar-refractivity contribution in [1.82, 2.24) is 0 Å². The number of ketones is 1. The Bertz CT molecular complexity index is 393. The summed E-state index contributed by atoms with van der Waals surface area (Å²) >= 11 is 0. The van der Waals surface area contributed by atoms with Crippen LogP contribution in [0.3, 0.4) is 0 Å². The van der Waals surface area contributed by atoms with Gasteiger partial charge in [0.2, 0.25) is 0 Å². The van der Waals surface area contributed by atoms with Gasteiger partial charge in [0, 0.05) is 13.2 Å². The van der Waals surface area contributed by atoms with Gasteiger partial charge in [-0.05, 0) is 42.1 Å². The highest BCUT2D eigenvalue weighted by Gasteiger charge is 2.42. The molecule has 0 bridgehead atoms. The summed E-state index contributed by atoms with van der Waals surface area (Å²) in [4.78, 5) is 12.1. The van der Waals surface area contributed by atoms with Crippen LogP contribution in [-0.4, -0.2) is 33.9 Å². The lowest BCUT2D eigenvalue weighted by Crippen LogP contribution is -2.43. The third-order valence-electron chi connectivity index (χ3n) is 4.93. The monoisotopic (exact) mass is 282 g/mol. The number of ether oxygens (including phenoxy) is 1. The fourth-order valence-electron chi connectivity index (χ4n) is 2.50. The molecule has 0 aromatic rings. The van der Waals surface area contributed by atoms with E-state index in [-0.39, 0.29) is 16.7 Å². The van der Waals surface area contributed by atoms with Crippen molar-refractivity contribution in [2.45, 2.75) is 45.3 Å². The quantitative estimate of drug-likeness (QED) is 0.746. The normalized spacial score (nSPS) is 28.3. The SMILES string of the molecule is CC(C)(C)[Si](C)(C)OC[C@@H]1C(=O)C=C2COCC[C@H]21. The Morgan fingerprint density at radius 3 is 2.74 bits per heavy atom. The van der Waals surface area contributed by atoms with E-state index in [1.54, 1.807) is 6.08 Å². The van der Waals surface area contributed by atoms with Gasteiger partial charge < -0.3 is 9.16 Å². The summed E-state index contributed by atoms with van der Waals surface area (Å²) in [5, 5.41) is 0.195. The van der Waals surface area contributed by atoms with E-state index >= 15 is 0 Å². The van der Waals surface area contributed by atoms with Crippen molar-refractivity contribution in [3.05, 3.63) is 11.6 Å². The number of hydrogen-bond donors (Lipinski definition) is 0. The van der Waals surface area contributed by atoms with Gasteiger partial charge in [-0.1, -0.05) is 20.8 Å². The molecule has 0 unspecified atom stereocenters. The average molecular weight is 282 g/mol. The van der Waals surface area contributed by atoms with Crippen LogP contribution in [0.2, 0.25) is 18.1 Å². The van der Waals surface area contributed by atoms with Gasteiger partial charge in [0.05, 0.1) is 12.5 Å². The van der Waals surface area contributed by atoms with Crippen LogP contribution in [-0.2, 0) is 14.0 Å². The minimum Gasteiger partial charge on any atom is -0.416 e. The van der Waals surface area contributed by atoms with Gasteiger partial charge in [0.25, 0.3) is 0 Å². The molecule has 2 aliphatic rings. The van der Waals surface area contributed by atoms with Crippen LogP contribution in [0.4, 0.5) is 0 Å². The van der Waals surface area contributed by atoms with Crippen LogP contribution in [0.15, 0.2) is 11.6 Å². The van der Waals surface area contributed by atoms with Gasteiger partial charge in [-0.15, -0.1) is 0 Å². The summed E-state index contributed by atoms with van der Waals surface area (Å²) in [7, 11) is -1.77. The van der Waals surface area contributed by atoms with Crippen LogP contribution in [0, 0.1) is 11.8 Å². The molecular weight excluding hydrogens is 256 g/mol. The molecular formula is C15H26O3Si. The van der Waals surface area contributed by atoms with E-state index < -0.39 is 8.32 Å². The van der Waals surface area contributed by atoms with Crippen molar-refractivity contribution < 1.29 is 14.0 Å². The number of fused-ring (bicyclic) bond motifs is 1. The van der Waals surface area contributed by atoms with E-state index in [2.05, 4.69) is 33.9 Å². The zero-order valence-electron chi connectivity index (χ0n) is 12.8. The Kier molecular flexibility index (Phi) is 4.05. The second-order valence-corrected chi connectivity index (χ2v) is 12.1. The van der Waals surface area contributed by atoms with Crippen molar-refractivity contribution in [3.8, 4) is 0 Å². The van der Waals surface area contributed by atoms with Crippen LogP contribution >= 0.6 is 0 Å². The fraction of sp³-hybridized carbons (Fsp3) is 0.800. The molecule has 1 heterocycles. The lowest BCUT2D eigenvalue weighted by molar-refractivity contribution is -0.119. The lowest BCUT2D eigenvalue weighted by Gasteiger charge is -2.37. The van der Waals surface area contributed by atoms with E-state index in [0.717, 1.165) is 13.0 Å². The van der Waals surface area contributed by atoms with Crippen LogP contribution in [0.1, 0.15) is 27.2 Å². The van der Waals surface area contributed by atoms with Crippen molar-refractivity contribution in [1.29, 1.82) is 0 Å². The van der Waals surface area contributed by atoms with Crippen molar-refractivity contribution in [2.24, 2.45) is 11.8 Å². The van der Waals surface area contributed by atoms with Gasteiger partial charge in [0.15, 0.2) is 14.1 Å². The van der Waals surface area contributed by atoms with E-state index in [9.17, 15) is 4.79 Å². The standard InChI is InChI=1S/C15H26O3Si/c1-15(2,3)19(4,5)18-10-13-12-6-7-17-9-11(12)8-14(13)16/h8,12-13H,6-7,9-10H2,1-5H3/t12-,13+/m1/s1. The molecule has 108 valence electrons. The Morgan fingerprint density at radius 1 is 1.42 bits per heavy atom.